The van der Waals surface area contributed by atoms with Gasteiger partial charge in [-0.05, 0) is 12.5 Å². The molecule has 0 radical (unpaired) electrons. The summed E-state index contributed by atoms with van der Waals surface area (Å²) in [5, 5.41) is 18.0. The molecule has 0 fully saturated rings. The van der Waals surface area contributed by atoms with E-state index < -0.39 is 6.10 Å². The zero-order valence-corrected chi connectivity index (χ0v) is 7.64. The summed E-state index contributed by atoms with van der Waals surface area (Å²) < 4.78 is 0. The van der Waals surface area contributed by atoms with E-state index in [0.29, 0.717) is 6.42 Å². The second kappa shape index (κ2) is 4.64. The predicted molar refractivity (Wildman–Crippen MR) is 51.1 cm³/mol. The van der Waals surface area contributed by atoms with E-state index in [9.17, 15) is 5.11 Å². The lowest BCUT2D eigenvalue weighted by molar-refractivity contribution is 0.163. The number of hydrogen-bond acceptors (Lipinski definition) is 2. The minimum Gasteiger partial charge on any atom is -0.393 e. The predicted octanol–water partition coefficient (Wildman–Crippen LogP) is 2.06. The number of aliphatic hydroxyl groups excluding tert-OH is 1. The van der Waals surface area contributed by atoms with E-state index in [4.69, 9.17) is 5.26 Å². The molecule has 0 aliphatic heterocycles. The molecule has 0 spiro atoms. The molecular formula is C11H13NO. The van der Waals surface area contributed by atoms with Crippen LogP contribution in [-0.4, -0.2) is 11.2 Å². The van der Waals surface area contributed by atoms with Crippen molar-refractivity contribution >= 4 is 0 Å². The van der Waals surface area contributed by atoms with Crippen molar-refractivity contribution in [1.29, 1.82) is 5.26 Å². The summed E-state index contributed by atoms with van der Waals surface area (Å²) in [6.07, 6.45) is -0.108. The number of nitrogens with zero attached hydrogens (tertiary/aromatic N) is 1. The largest absolute Gasteiger partial charge is 0.393 e. The van der Waals surface area contributed by atoms with E-state index in [1.807, 2.05) is 30.3 Å². The van der Waals surface area contributed by atoms with Crippen LogP contribution >= 0.6 is 0 Å². The zero-order valence-electron chi connectivity index (χ0n) is 7.64. The first kappa shape index (κ1) is 9.76. The molecule has 0 saturated heterocycles. The molecule has 0 aliphatic carbocycles. The Labute approximate surface area is 78.4 Å². The molecule has 13 heavy (non-hydrogen) atoms. The van der Waals surface area contributed by atoms with E-state index in [2.05, 4.69) is 6.07 Å². The van der Waals surface area contributed by atoms with Gasteiger partial charge in [-0.15, -0.1) is 0 Å². The van der Waals surface area contributed by atoms with Crippen LogP contribution in [-0.2, 0) is 0 Å². The molecule has 1 aromatic carbocycles. The van der Waals surface area contributed by atoms with Gasteiger partial charge in [0.1, 0.15) is 0 Å². The van der Waals surface area contributed by atoms with E-state index in [0.717, 1.165) is 5.56 Å². The Morgan fingerprint density at radius 3 is 2.46 bits per heavy atom. The third kappa shape index (κ3) is 2.57. The van der Waals surface area contributed by atoms with Gasteiger partial charge in [-0.2, -0.15) is 5.26 Å². The normalized spacial score (nSPS) is 14.5. The van der Waals surface area contributed by atoms with Gasteiger partial charge in [0.05, 0.1) is 12.2 Å². The minimum atomic E-state index is -0.470. The molecule has 68 valence electrons. The van der Waals surface area contributed by atoms with Crippen molar-refractivity contribution in [3.8, 4) is 6.07 Å². The average molecular weight is 175 g/mol. The van der Waals surface area contributed by atoms with Gasteiger partial charge in [-0.1, -0.05) is 30.3 Å². The number of rotatable bonds is 3. The number of hydrogen-bond donors (Lipinski definition) is 1. The van der Waals surface area contributed by atoms with Crippen LogP contribution in [0.25, 0.3) is 0 Å². The molecule has 0 unspecified atom stereocenters. The van der Waals surface area contributed by atoms with E-state index in [1.165, 1.54) is 0 Å². The van der Waals surface area contributed by atoms with Gasteiger partial charge in [0.15, 0.2) is 0 Å². The second-order valence-electron chi connectivity index (χ2n) is 3.12. The van der Waals surface area contributed by atoms with Gasteiger partial charge < -0.3 is 5.11 Å². The molecule has 1 N–H and O–H groups in total. The van der Waals surface area contributed by atoms with Crippen LogP contribution in [0.2, 0.25) is 0 Å². The van der Waals surface area contributed by atoms with Crippen molar-refractivity contribution < 1.29 is 5.11 Å². The molecule has 1 rings (SSSR count). The van der Waals surface area contributed by atoms with Crippen LogP contribution in [0.4, 0.5) is 0 Å². The highest BCUT2D eigenvalue weighted by Gasteiger charge is 2.15. The Kier molecular flexibility index (Phi) is 3.48. The quantitative estimate of drug-likeness (QED) is 0.764. The summed E-state index contributed by atoms with van der Waals surface area (Å²) in [5.41, 5.74) is 1.03. The molecule has 0 aliphatic rings. The SMILES string of the molecule is C[C@H](O)[C@H](CC#N)c1ccccc1. The molecule has 1 aromatic rings. The van der Waals surface area contributed by atoms with Gasteiger partial charge >= 0.3 is 0 Å². The maximum Gasteiger partial charge on any atom is 0.0629 e. The van der Waals surface area contributed by atoms with Gasteiger partial charge in [0.2, 0.25) is 0 Å². The van der Waals surface area contributed by atoms with Crippen molar-refractivity contribution in [2.75, 3.05) is 0 Å². The van der Waals surface area contributed by atoms with Gasteiger partial charge in [-0.3, -0.25) is 0 Å². The Bertz CT molecular complexity index is 287. The van der Waals surface area contributed by atoms with Crippen LogP contribution < -0.4 is 0 Å². The van der Waals surface area contributed by atoms with Crippen molar-refractivity contribution in [2.45, 2.75) is 25.4 Å². The van der Waals surface area contributed by atoms with E-state index >= 15 is 0 Å². The highest BCUT2D eigenvalue weighted by molar-refractivity contribution is 5.21. The summed E-state index contributed by atoms with van der Waals surface area (Å²) in [7, 11) is 0. The second-order valence-corrected chi connectivity index (χ2v) is 3.12. The van der Waals surface area contributed by atoms with Crippen LogP contribution in [0, 0.1) is 11.3 Å². The maximum atomic E-state index is 9.45. The minimum absolute atomic E-state index is 0.0637. The zero-order chi connectivity index (χ0) is 9.68. The monoisotopic (exact) mass is 175 g/mol. The lowest BCUT2D eigenvalue weighted by Crippen LogP contribution is -2.13. The first-order chi connectivity index (χ1) is 6.25. The third-order valence-electron chi connectivity index (χ3n) is 2.12. The topological polar surface area (TPSA) is 44.0 Å². The Hall–Kier alpha value is -1.33. The van der Waals surface area contributed by atoms with Crippen molar-refractivity contribution in [1.82, 2.24) is 0 Å². The van der Waals surface area contributed by atoms with Crippen LogP contribution in [0.3, 0.4) is 0 Å². The van der Waals surface area contributed by atoms with Gasteiger partial charge in [0.25, 0.3) is 0 Å². The van der Waals surface area contributed by atoms with Gasteiger partial charge in [0, 0.05) is 12.3 Å². The van der Waals surface area contributed by atoms with Crippen LogP contribution in [0.1, 0.15) is 24.8 Å². The molecule has 0 amide bonds. The molecule has 0 heterocycles. The highest BCUT2D eigenvalue weighted by Crippen LogP contribution is 2.22. The Balaban J connectivity index is 2.84. The number of benzene rings is 1. The molecule has 2 nitrogen and oxygen atoms in total. The molecule has 2 atom stereocenters. The number of aliphatic hydroxyl groups is 1. The number of nitriles is 1. The summed E-state index contributed by atoms with van der Waals surface area (Å²) in [6, 6.07) is 11.7. The van der Waals surface area contributed by atoms with Crippen molar-refractivity contribution in [3.63, 3.8) is 0 Å². The first-order valence-electron chi connectivity index (χ1n) is 4.35. The summed E-state index contributed by atoms with van der Waals surface area (Å²) in [5.74, 6) is -0.0637. The fraction of sp³-hybridized carbons (Fsp3) is 0.364. The molecular weight excluding hydrogens is 162 g/mol. The average Bonchev–Trinajstić information content (AvgIpc) is 2.15. The maximum absolute atomic E-state index is 9.45. The fourth-order valence-electron chi connectivity index (χ4n) is 1.37. The van der Waals surface area contributed by atoms with E-state index in [1.54, 1.807) is 6.92 Å². The smallest absolute Gasteiger partial charge is 0.0629 e. The summed E-state index contributed by atoms with van der Waals surface area (Å²) >= 11 is 0. The Morgan fingerprint density at radius 2 is 2.00 bits per heavy atom. The lowest BCUT2D eigenvalue weighted by Gasteiger charge is -2.16. The molecule has 0 bridgehead atoms. The van der Waals surface area contributed by atoms with E-state index in [-0.39, 0.29) is 5.92 Å². The highest BCUT2D eigenvalue weighted by atomic mass is 16.3. The molecule has 2 heteroatoms. The van der Waals surface area contributed by atoms with Crippen molar-refractivity contribution in [3.05, 3.63) is 35.9 Å². The summed E-state index contributed by atoms with van der Waals surface area (Å²) in [4.78, 5) is 0. The molecule has 0 aromatic heterocycles. The Morgan fingerprint density at radius 1 is 1.38 bits per heavy atom. The first-order valence-corrected chi connectivity index (χ1v) is 4.35. The van der Waals surface area contributed by atoms with Crippen molar-refractivity contribution in [2.24, 2.45) is 0 Å². The third-order valence-corrected chi connectivity index (χ3v) is 2.12. The van der Waals surface area contributed by atoms with Crippen LogP contribution in [0.15, 0.2) is 30.3 Å². The lowest BCUT2D eigenvalue weighted by atomic mass is 9.92. The molecule has 0 saturated carbocycles. The standard InChI is InChI=1S/C11H13NO/c1-9(13)11(7-8-12)10-5-3-2-4-6-10/h2-6,9,11,13H,7H2,1H3/t9-,11-/m0/s1. The fourth-order valence-corrected chi connectivity index (χ4v) is 1.37. The van der Waals surface area contributed by atoms with Crippen LogP contribution in [0.5, 0.6) is 0 Å². The summed E-state index contributed by atoms with van der Waals surface area (Å²) in [6.45, 7) is 1.72. The van der Waals surface area contributed by atoms with Gasteiger partial charge in [-0.25, -0.2) is 0 Å².